The van der Waals surface area contributed by atoms with Crippen molar-refractivity contribution in [2.24, 2.45) is 5.92 Å². The number of amides is 1. The Bertz CT molecular complexity index is 810. The maximum atomic E-state index is 12.6. The van der Waals surface area contributed by atoms with Crippen LogP contribution in [0.25, 0.3) is 0 Å². The second-order valence-electron chi connectivity index (χ2n) is 6.98. The van der Waals surface area contributed by atoms with Gasteiger partial charge in [-0.1, -0.05) is 29.8 Å². The topological polar surface area (TPSA) is 50.8 Å². The van der Waals surface area contributed by atoms with E-state index in [-0.39, 0.29) is 17.7 Å². The number of methoxy groups -OCH3 is 1. The lowest BCUT2D eigenvalue weighted by Crippen LogP contribution is -2.19. The molecule has 3 rings (SSSR count). The van der Waals surface area contributed by atoms with Crippen LogP contribution in [0.15, 0.2) is 42.5 Å². The van der Waals surface area contributed by atoms with Gasteiger partial charge in [0.2, 0.25) is 5.91 Å². The molecule has 0 heterocycles. The van der Waals surface area contributed by atoms with Crippen molar-refractivity contribution in [3.8, 4) is 11.5 Å². The number of benzene rings is 2. The molecular formula is C21H25ClN2O3. The van der Waals surface area contributed by atoms with E-state index < -0.39 is 0 Å². The molecule has 1 fully saturated rings. The Morgan fingerprint density at radius 1 is 1.22 bits per heavy atom. The van der Waals surface area contributed by atoms with Crippen molar-refractivity contribution in [1.29, 1.82) is 0 Å². The van der Waals surface area contributed by atoms with Crippen molar-refractivity contribution in [1.82, 2.24) is 4.90 Å². The Labute approximate surface area is 165 Å². The fraction of sp³-hybridized carbons (Fsp3) is 0.381. The predicted octanol–water partition coefficient (Wildman–Crippen LogP) is 4.03. The van der Waals surface area contributed by atoms with Gasteiger partial charge in [-0.3, -0.25) is 4.79 Å². The minimum atomic E-state index is -0.0453. The van der Waals surface area contributed by atoms with E-state index in [0.717, 1.165) is 24.3 Å². The molecule has 144 valence electrons. The standard InChI is InChI=1S/C21H25ClN2O3/c1-24(2)10-11-27-20-9-8-14(12-18(20)22)23-21(25)17-13-16(17)15-6-4-5-7-19(15)26-3/h4-9,12,16-17H,10-11,13H2,1-3H3,(H,23,25). The maximum absolute atomic E-state index is 12.6. The summed E-state index contributed by atoms with van der Waals surface area (Å²) in [5.74, 6) is 1.61. The van der Waals surface area contributed by atoms with Crippen molar-refractivity contribution >= 4 is 23.2 Å². The molecule has 1 aliphatic carbocycles. The van der Waals surface area contributed by atoms with Gasteiger partial charge in [-0.15, -0.1) is 0 Å². The van der Waals surface area contributed by atoms with E-state index in [1.807, 2.05) is 49.3 Å². The Hall–Kier alpha value is -2.24. The molecule has 0 radical (unpaired) electrons. The lowest BCUT2D eigenvalue weighted by atomic mass is 10.1. The minimum absolute atomic E-state index is 0.00301. The summed E-state index contributed by atoms with van der Waals surface area (Å²) < 4.78 is 11.1. The Morgan fingerprint density at radius 3 is 2.70 bits per heavy atom. The van der Waals surface area contributed by atoms with E-state index in [0.29, 0.717) is 23.1 Å². The quantitative estimate of drug-likeness (QED) is 0.741. The predicted molar refractivity (Wildman–Crippen MR) is 108 cm³/mol. The molecule has 0 saturated heterocycles. The van der Waals surface area contributed by atoms with Crippen LogP contribution in [0.5, 0.6) is 11.5 Å². The van der Waals surface area contributed by atoms with Crippen molar-refractivity contribution < 1.29 is 14.3 Å². The first-order valence-electron chi connectivity index (χ1n) is 9.00. The van der Waals surface area contributed by atoms with E-state index in [2.05, 4.69) is 5.32 Å². The molecule has 0 aliphatic heterocycles. The van der Waals surface area contributed by atoms with Crippen LogP contribution < -0.4 is 14.8 Å². The van der Waals surface area contributed by atoms with E-state index in [9.17, 15) is 4.79 Å². The van der Waals surface area contributed by atoms with E-state index >= 15 is 0 Å². The number of likely N-dealkylation sites (N-methyl/N-ethyl adjacent to an activating group) is 1. The summed E-state index contributed by atoms with van der Waals surface area (Å²) in [5.41, 5.74) is 1.76. The average molecular weight is 389 g/mol. The van der Waals surface area contributed by atoms with Crippen molar-refractivity contribution in [3.05, 3.63) is 53.1 Å². The molecule has 1 amide bonds. The number of rotatable bonds is 8. The number of halogens is 1. The van der Waals surface area contributed by atoms with Crippen LogP contribution >= 0.6 is 11.6 Å². The van der Waals surface area contributed by atoms with E-state index in [1.54, 1.807) is 19.2 Å². The number of nitrogens with zero attached hydrogens (tertiary/aromatic N) is 1. The lowest BCUT2D eigenvalue weighted by molar-refractivity contribution is -0.117. The monoisotopic (exact) mass is 388 g/mol. The number of nitrogens with one attached hydrogen (secondary N) is 1. The first-order valence-corrected chi connectivity index (χ1v) is 9.38. The van der Waals surface area contributed by atoms with Crippen LogP contribution in [0, 0.1) is 5.92 Å². The molecule has 1 saturated carbocycles. The van der Waals surface area contributed by atoms with Crippen LogP contribution in [0.2, 0.25) is 5.02 Å². The number of carbonyl (C=O) groups is 1. The van der Waals surface area contributed by atoms with E-state index in [4.69, 9.17) is 21.1 Å². The number of hydrogen-bond donors (Lipinski definition) is 1. The summed E-state index contributed by atoms with van der Waals surface area (Å²) in [6, 6.07) is 13.2. The summed E-state index contributed by atoms with van der Waals surface area (Å²) >= 11 is 6.28. The Balaban J connectivity index is 1.58. The molecule has 2 aromatic rings. The lowest BCUT2D eigenvalue weighted by Gasteiger charge is -2.13. The van der Waals surface area contributed by atoms with Gasteiger partial charge in [-0.05, 0) is 56.3 Å². The van der Waals surface area contributed by atoms with Gasteiger partial charge in [0.25, 0.3) is 0 Å². The summed E-state index contributed by atoms with van der Waals surface area (Å²) in [4.78, 5) is 14.6. The summed E-state index contributed by atoms with van der Waals surface area (Å²) in [5, 5.41) is 3.44. The molecule has 0 bridgehead atoms. The van der Waals surface area contributed by atoms with Crippen LogP contribution in [0.3, 0.4) is 0 Å². The molecule has 2 unspecified atom stereocenters. The number of para-hydroxylation sites is 1. The van der Waals surface area contributed by atoms with Crippen molar-refractivity contribution in [2.75, 3.05) is 39.7 Å². The van der Waals surface area contributed by atoms with Crippen LogP contribution in [-0.2, 0) is 4.79 Å². The molecule has 2 atom stereocenters. The fourth-order valence-corrected chi connectivity index (χ4v) is 3.31. The van der Waals surface area contributed by atoms with Crippen molar-refractivity contribution in [2.45, 2.75) is 12.3 Å². The highest BCUT2D eigenvalue weighted by Crippen LogP contribution is 2.50. The molecule has 1 N–H and O–H groups in total. The number of hydrogen-bond acceptors (Lipinski definition) is 4. The molecule has 0 spiro atoms. The van der Waals surface area contributed by atoms with Gasteiger partial charge < -0.3 is 19.7 Å². The third-order valence-corrected chi connectivity index (χ3v) is 4.96. The number of anilines is 1. The van der Waals surface area contributed by atoms with Crippen molar-refractivity contribution in [3.63, 3.8) is 0 Å². The Kier molecular flexibility index (Phi) is 6.24. The van der Waals surface area contributed by atoms with Crippen LogP contribution in [0.4, 0.5) is 5.69 Å². The highest BCUT2D eigenvalue weighted by atomic mass is 35.5. The Morgan fingerprint density at radius 2 is 2.00 bits per heavy atom. The van der Waals surface area contributed by atoms with Gasteiger partial charge in [-0.2, -0.15) is 0 Å². The smallest absolute Gasteiger partial charge is 0.228 e. The zero-order chi connectivity index (χ0) is 19.4. The molecule has 5 nitrogen and oxygen atoms in total. The molecular weight excluding hydrogens is 364 g/mol. The van der Waals surface area contributed by atoms with Gasteiger partial charge >= 0.3 is 0 Å². The molecule has 0 aromatic heterocycles. The highest BCUT2D eigenvalue weighted by molar-refractivity contribution is 6.32. The van der Waals surface area contributed by atoms with Gasteiger partial charge in [-0.25, -0.2) is 0 Å². The largest absolute Gasteiger partial charge is 0.496 e. The summed E-state index contributed by atoms with van der Waals surface area (Å²) in [6.45, 7) is 1.36. The molecule has 27 heavy (non-hydrogen) atoms. The maximum Gasteiger partial charge on any atom is 0.228 e. The summed E-state index contributed by atoms with van der Waals surface area (Å²) in [6.07, 6.45) is 0.825. The van der Waals surface area contributed by atoms with E-state index in [1.165, 1.54) is 0 Å². The zero-order valence-electron chi connectivity index (χ0n) is 15.9. The third kappa shape index (κ3) is 4.93. The normalized spacial score (nSPS) is 18.3. The van der Waals surface area contributed by atoms with Gasteiger partial charge in [0.05, 0.1) is 12.1 Å². The molecule has 2 aromatic carbocycles. The zero-order valence-corrected chi connectivity index (χ0v) is 16.6. The highest BCUT2D eigenvalue weighted by Gasteiger charge is 2.45. The fourth-order valence-electron chi connectivity index (χ4n) is 3.07. The first kappa shape index (κ1) is 19.5. The summed E-state index contributed by atoms with van der Waals surface area (Å²) in [7, 11) is 5.63. The second-order valence-corrected chi connectivity index (χ2v) is 7.38. The number of ether oxygens (including phenoxy) is 2. The minimum Gasteiger partial charge on any atom is -0.496 e. The second kappa shape index (κ2) is 8.63. The van der Waals surface area contributed by atoms with Gasteiger partial charge in [0.1, 0.15) is 18.1 Å². The SMILES string of the molecule is COc1ccccc1C1CC1C(=O)Nc1ccc(OCCN(C)C)c(Cl)c1. The molecule has 1 aliphatic rings. The first-order chi connectivity index (χ1) is 13.0. The van der Waals surface area contributed by atoms with Gasteiger partial charge in [0, 0.05) is 18.2 Å². The van der Waals surface area contributed by atoms with Crippen LogP contribution in [0.1, 0.15) is 17.9 Å². The number of carbonyl (C=O) groups excluding carboxylic acids is 1. The van der Waals surface area contributed by atoms with Crippen LogP contribution in [-0.4, -0.2) is 45.2 Å². The third-order valence-electron chi connectivity index (χ3n) is 4.66. The molecule has 6 heteroatoms. The van der Waals surface area contributed by atoms with Gasteiger partial charge in [0.15, 0.2) is 0 Å². The average Bonchev–Trinajstić information content (AvgIpc) is 3.44.